The first-order valence-corrected chi connectivity index (χ1v) is 7.61. The Morgan fingerprint density at radius 3 is 2.59 bits per heavy atom. The van der Waals surface area contributed by atoms with Gasteiger partial charge in [-0.25, -0.2) is 4.98 Å². The van der Waals surface area contributed by atoms with Gasteiger partial charge in [-0.15, -0.1) is 0 Å². The van der Waals surface area contributed by atoms with Gasteiger partial charge >= 0.3 is 0 Å². The van der Waals surface area contributed by atoms with Gasteiger partial charge < -0.3 is 9.47 Å². The lowest BCUT2D eigenvalue weighted by molar-refractivity contribution is -0.136. The van der Waals surface area contributed by atoms with Crippen molar-refractivity contribution in [1.82, 2.24) is 29.1 Å². The molecular weight excluding hydrogens is 280 g/mol. The maximum absolute atomic E-state index is 12.5. The molecule has 1 fully saturated rings. The molecule has 1 aliphatic rings. The SMILES string of the molecule is CC(C(=O)N1CCN(Cc2nccn2C)CC1)n1cccn1. The number of hydrogen-bond donors (Lipinski definition) is 0. The second kappa shape index (κ2) is 6.31. The molecule has 1 saturated heterocycles. The smallest absolute Gasteiger partial charge is 0.247 e. The van der Waals surface area contributed by atoms with E-state index in [9.17, 15) is 4.79 Å². The minimum absolute atomic E-state index is 0.139. The van der Waals surface area contributed by atoms with Crippen molar-refractivity contribution in [3.63, 3.8) is 0 Å². The highest BCUT2D eigenvalue weighted by molar-refractivity contribution is 5.80. The summed E-state index contributed by atoms with van der Waals surface area (Å²) in [6, 6.07) is 1.60. The third kappa shape index (κ3) is 3.04. The van der Waals surface area contributed by atoms with Crippen molar-refractivity contribution in [2.24, 2.45) is 7.05 Å². The average molecular weight is 302 g/mol. The van der Waals surface area contributed by atoms with Crippen LogP contribution in [-0.2, 0) is 18.4 Å². The summed E-state index contributed by atoms with van der Waals surface area (Å²) in [5.74, 6) is 1.20. The van der Waals surface area contributed by atoms with E-state index in [4.69, 9.17) is 0 Å². The minimum Gasteiger partial charge on any atom is -0.338 e. The zero-order valence-corrected chi connectivity index (χ0v) is 13.1. The highest BCUT2D eigenvalue weighted by Gasteiger charge is 2.26. The first-order chi connectivity index (χ1) is 10.6. The van der Waals surface area contributed by atoms with E-state index in [2.05, 4.69) is 15.0 Å². The van der Waals surface area contributed by atoms with E-state index in [1.807, 2.05) is 48.1 Å². The largest absolute Gasteiger partial charge is 0.338 e. The fraction of sp³-hybridized carbons (Fsp3) is 0.533. The lowest BCUT2D eigenvalue weighted by Crippen LogP contribution is -2.50. The highest BCUT2D eigenvalue weighted by atomic mass is 16.2. The number of imidazole rings is 1. The van der Waals surface area contributed by atoms with Crippen molar-refractivity contribution in [2.45, 2.75) is 19.5 Å². The molecule has 118 valence electrons. The van der Waals surface area contributed by atoms with Gasteiger partial charge in [0.25, 0.3) is 0 Å². The summed E-state index contributed by atoms with van der Waals surface area (Å²) in [7, 11) is 2.01. The zero-order valence-electron chi connectivity index (χ0n) is 13.1. The van der Waals surface area contributed by atoms with Gasteiger partial charge in [0.05, 0.1) is 6.54 Å². The van der Waals surface area contributed by atoms with E-state index in [-0.39, 0.29) is 11.9 Å². The summed E-state index contributed by atoms with van der Waals surface area (Å²) in [5.41, 5.74) is 0. The molecule has 7 heteroatoms. The average Bonchev–Trinajstić information content (AvgIpc) is 3.19. The summed E-state index contributed by atoms with van der Waals surface area (Å²) in [5, 5.41) is 4.15. The number of aromatic nitrogens is 4. The van der Waals surface area contributed by atoms with Gasteiger partial charge in [-0.3, -0.25) is 14.4 Å². The Kier molecular flexibility index (Phi) is 4.24. The van der Waals surface area contributed by atoms with Crippen LogP contribution in [0.2, 0.25) is 0 Å². The number of carbonyl (C=O) groups is 1. The molecule has 0 aromatic carbocycles. The predicted octanol–water partition coefficient (Wildman–Crippen LogP) is 0.522. The van der Waals surface area contributed by atoms with E-state index in [1.54, 1.807) is 10.9 Å². The third-order valence-corrected chi connectivity index (χ3v) is 4.25. The molecule has 0 bridgehead atoms. The van der Waals surface area contributed by atoms with Crippen molar-refractivity contribution >= 4 is 5.91 Å². The van der Waals surface area contributed by atoms with Gasteiger partial charge in [0.15, 0.2) is 0 Å². The third-order valence-electron chi connectivity index (χ3n) is 4.25. The molecule has 0 N–H and O–H groups in total. The first kappa shape index (κ1) is 14.8. The molecule has 1 unspecified atom stereocenters. The maximum Gasteiger partial charge on any atom is 0.247 e. The number of hydrogen-bond acceptors (Lipinski definition) is 4. The summed E-state index contributed by atoms with van der Waals surface area (Å²) >= 11 is 0. The topological polar surface area (TPSA) is 59.2 Å². The Morgan fingerprint density at radius 1 is 1.23 bits per heavy atom. The maximum atomic E-state index is 12.5. The van der Waals surface area contributed by atoms with Crippen LogP contribution in [0.4, 0.5) is 0 Å². The van der Waals surface area contributed by atoms with E-state index < -0.39 is 0 Å². The lowest BCUT2D eigenvalue weighted by atomic mass is 10.2. The minimum atomic E-state index is -0.240. The molecule has 3 rings (SSSR count). The van der Waals surface area contributed by atoms with E-state index in [0.717, 1.165) is 38.5 Å². The Hall–Kier alpha value is -2.15. The van der Waals surface area contributed by atoms with Crippen molar-refractivity contribution in [2.75, 3.05) is 26.2 Å². The van der Waals surface area contributed by atoms with Crippen LogP contribution in [-0.4, -0.2) is 61.2 Å². The lowest BCUT2D eigenvalue weighted by Gasteiger charge is -2.35. The summed E-state index contributed by atoms with van der Waals surface area (Å²) < 4.78 is 3.75. The van der Waals surface area contributed by atoms with Crippen LogP contribution >= 0.6 is 0 Å². The molecule has 0 aliphatic carbocycles. The van der Waals surface area contributed by atoms with Crippen LogP contribution in [0.5, 0.6) is 0 Å². The Balaban J connectivity index is 1.53. The number of amides is 1. The van der Waals surface area contributed by atoms with Crippen LogP contribution < -0.4 is 0 Å². The van der Waals surface area contributed by atoms with E-state index >= 15 is 0 Å². The molecule has 1 amide bonds. The monoisotopic (exact) mass is 302 g/mol. The number of piperazine rings is 1. The van der Waals surface area contributed by atoms with Crippen LogP contribution in [0.1, 0.15) is 18.8 Å². The van der Waals surface area contributed by atoms with E-state index in [0.29, 0.717) is 0 Å². The van der Waals surface area contributed by atoms with Crippen LogP contribution in [0.3, 0.4) is 0 Å². The highest BCUT2D eigenvalue weighted by Crippen LogP contribution is 2.12. The first-order valence-electron chi connectivity index (χ1n) is 7.61. The number of aryl methyl sites for hydroxylation is 1. The molecule has 7 nitrogen and oxygen atoms in total. The quantitative estimate of drug-likeness (QED) is 0.826. The fourth-order valence-electron chi connectivity index (χ4n) is 2.76. The molecule has 22 heavy (non-hydrogen) atoms. The molecule has 0 saturated carbocycles. The van der Waals surface area contributed by atoms with Crippen LogP contribution in [0, 0.1) is 0 Å². The molecule has 0 radical (unpaired) electrons. The molecule has 0 spiro atoms. The molecular formula is C15H22N6O. The number of carbonyl (C=O) groups excluding carboxylic acids is 1. The van der Waals surface area contributed by atoms with Gasteiger partial charge in [-0.2, -0.15) is 5.10 Å². The predicted molar refractivity (Wildman–Crippen MR) is 82.0 cm³/mol. The molecule has 1 aliphatic heterocycles. The van der Waals surface area contributed by atoms with Crippen molar-refractivity contribution < 1.29 is 4.79 Å². The van der Waals surface area contributed by atoms with Gasteiger partial charge in [0, 0.05) is 58.0 Å². The van der Waals surface area contributed by atoms with Gasteiger partial charge in [0.1, 0.15) is 11.9 Å². The van der Waals surface area contributed by atoms with Crippen molar-refractivity contribution in [3.05, 3.63) is 36.7 Å². The molecule has 1 atom stereocenters. The van der Waals surface area contributed by atoms with Gasteiger partial charge in [-0.05, 0) is 13.0 Å². The second-order valence-electron chi connectivity index (χ2n) is 5.72. The summed E-state index contributed by atoms with van der Waals surface area (Å²) in [6.07, 6.45) is 7.32. The van der Waals surface area contributed by atoms with Crippen LogP contribution in [0.25, 0.3) is 0 Å². The standard InChI is InChI=1S/C15H22N6O/c1-13(21-6-3-4-17-21)15(22)20-10-8-19(9-11-20)12-14-16-5-7-18(14)2/h3-7,13H,8-12H2,1-2H3. The second-order valence-corrected chi connectivity index (χ2v) is 5.72. The summed E-state index contributed by atoms with van der Waals surface area (Å²) in [6.45, 7) is 6.01. The van der Waals surface area contributed by atoms with Crippen molar-refractivity contribution in [3.8, 4) is 0 Å². The fourth-order valence-corrected chi connectivity index (χ4v) is 2.76. The Bertz CT molecular complexity index is 612. The Morgan fingerprint density at radius 2 is 2.00 bits per heavy atom. The zero-order chi connectivity index (χ0) is 15.5. The number of nitrogens with zero attached hydrogens (tertiary/aromatic N) is 6. The molecule has 2 aromatic heterocycles. The van der Waals surface area contributed by atoms with Gasteiger partial charge in [0.2, 0.25) is 5.91 Å². The summed E-state index contributed by atoms with van der Waals surface area (Å²) in [4.78, 5) is 21.1. The molecule has 2 aromatic rings. The number of rotatable bonds is 4. The van der Waals surface area contributed by atoms with Crippen LogP contribution in [0.15, 0.2) is 30.9 Å². The Labute approximate surface area is 130 Å². The molecule has 3 heterocycles. The van der Waals surface area contributed by atoms with Crippen molar-refractivity contribution in [1.29, 1.82) is 0 Å². The van der Waals surface area contributed by atoms with Gasteiger partial charge in [-0.1, -0.05) is 0 Å². The normalized spacial score (nSPS) is 17.6. The van der Waals surface area contributed by atoms with E-state index in [1.165, 1.54) is 0 Å².